The zero-order valence-electron chi connectivity index (χ0n) is 10.5. The van der Waals surface area contributed by atoms with E-state index in [1.807, 2.05) is 0 Å². The number of aryl methyl sites for hydroxylation is 1. The fraction of sp³-hybridized carbons (Fsp3) is 0.462. The number of hydrazine groups is 1. The summed E-state index contributed by atoms with van der Waals surface area (Å²) in [6.07, 6.45) is 4.61. The van der Waals surface area contributed by atoms with Crippen LogP contribution in [-0.2, 0) is 0 Å². The first-order valence-corrected chi connectivity index (χ1v) is 6.26. The van der Waals surface area contributed by atoms with Crippen molar-refractivity contribution in [3.8, 4) is 0 Å². The highest BCUT2D eigenvalue weighted by Crippen LogP contribution is 2.21. The molecule has 0 heterocycles. The highest BCUT2D eigenvalue weighted by atomic mass is 19.1. The molecule has 1 aliphatic carbocycles. The van der Waals surface area contributed by atoms with Crippen LogP contribution in [0.3, 0.4) is 0 Å². The fourth-order valence-electron chi connectivity index (χ4n) is 2.13. The van der Waals surface area contributed by atoms with Crippen LogP contribution < -0.4 is 16.6 Å². The molecule has 4 N–H and O–H groups in total. The molecule has 5 heteroatoms. The maximum absolute atomic E-state index is 13.4. The van der Waals surface area contributed by atoms with Crippen molar-refractivity contribution in [1.29, 1.82) is 0 Å². The number of guanidine groups is 1. The first-order valence-electron chi connectivity index (χ1n) is 6.26. The van der Waals surface area contributed by atoms with E-state index in [9.17, 15) is 4.39 Å². The van der Waals surface area contributed by atoms with Gasteiger partial charge in [-0.05, 0) is 37.5 Å². The van der Waals surface area contributed by atoms with Gasteiger partial charge < -0.3 is 5.32 Å². The van der Waals surface area contributed by atoms with Gasteiger partial charge in [0.1, 0.15) is 5.82 Å². The Morgan fingerprint density at radius 2 is 2.11 bits per heavy atom. The van der Waals surface area contributed by atoms with E-state index >= 15 is 0 Å². The zero-order valence-corrected chi connectivity index (χ0v) is 10.5. The van der Waals surface area contributed by atoms with Crippen molar-refractivity contribution >= 4 is 11.6 Å². The van der Waals surface area contributed by atoms with Crippen molar-refractivity contribution in [2.24, 2.45) is 10.8 Å². The number of nitrogens with one attached hydrogen (secondary N) is 2. The van der Waals surface area contributed by atoms with E-state index in [2.05, 4.69) is 15.7 Å². The Labute approximate surface area is 106 Å². The van der Waals surface area contributed by atoms with Gasteiger partial charge in [-0.1, -0.05) is 18.9 Å². The number of anilines is 1. The molecule has 0 saturated heterocycles. The molecular weight excluding hydrogens is 231 g/mol. The van der Waals surface area contributed by atoms with E-state index in [1.54, 1.807) is 19.1 Å². The third-order valence-corrected chi connectivity index (χ3v) is 3.21. The second kappa shape index (κ2) is 5.82. The Bertz CT molecular complexity index is 439. The number of nitrogens with two attached hydrogens (primary N) is 1. The molecule has 2 rings (SSSR count). The lowest BCUT2D eigenvalue weighted by Gasteiger charge is -2.12. The van der Waals surface area contributed by atoms with Crippen LogP contribution in [0, 0.1) is 12.7 Å². The van der Waals surface area contributed by atoms with Crippen molar-refractivity contribution in [3.05, 3.63) is 29.6 Å². The molecule has 1 fully saturated rings. The monoisotopic (exact) mass is 250 g/mol. The van der Waals surface area contributed by atoms with E-state index in [0.717, 1.165) is 12.8 Å². The quantitative estimate of drug-likeness (QED) is 0.327. The number of benzene rings is 1. The van der Waals surface area contributed by atoms with Gasteiger partial charge >= 0.3 is 0 Å². The minimum atomic E-state index is -0.239. The highest BCUT2D eigenvalue weighted by Gasteiger charge is 2.14. The van der Waals surface area contributed by atoms with Crippen LogP contribution in [-0.4, -0.2) is 12.0 Å². The minimum Gasteiger partial charge on any atom is -0.325 e. The Balaban J connectivity index is 2.07. The second-order valence-corrected chi connectivity index (χ2v) is 4.65. The molecular formula is C13H19FN4. The lowest BCUT2D eigenvalue weighted by molar-refractivity contribution is 0.619. The highest BCUT2D eigenvalue weighted by molar-refractivity contribution is 5.93. The first kappa shape index (κ1) is 12.8. The first-order chi connectivity index (χ1) is 8.69. The summed E-state index contributed by atoms with van der Waals surface area (Å²) in [7, 11) is 0. The third-order valence-electron chi connectivity index (χ3n) is 3.21. The molecule has 0 spiro atoms. The minimum absolute atomic E-state index is 0.239. The molecule has 0 amide bonds. The Kier molecular flexibility index (Phi) is 4.15. The van der Waals surface area contributed by atoms with Crippen LogP contribution in [0.1, 0.15) is 31.2 Å². The van der Waals surface area contributed by atoms with E-state index in [4.69, 9.17) is 5.84 Å². The van der Waals surface area contributed by atoms with Crippen LogP contribution in [0.2, 0.25) is 0 Å². The summed E-state index contributed by atoms with van der Waals surface area (Å²) in [5.41, 5.74) is 3.79. The predicted octanol–water partition coefficient (Wildman–Crippen LogP) is 2.31. The van der Waals surface area contributed by atoms with E-state index in [1.165, 1.54) is 18.9 Å². The van der Waals surface area contributed by atoms with Crippen LogP contribution in [0.15, 0.2) is 23.2 Å². The maximum Gasteiger partial charge on any atom is 0.210 e. The second-order valence-electron chi connectivity index (χ2n) is 4.65. The van der Waals surface area contributed by atoms with Gasteiger partial charge in [0, 0.05) is 5.69 Å². The van der Waals surface area contributed by atoms with E-state index in [-0.39, 0.29) is 5.82 Å². The average molecular weight is 250 g/mol. The summed E-state index contributed by atoms with van der Waals surface area (Å²) in [5, 5.41) is 3.00. The van der Waals surface area contributed by atoms with Crippen molar-refractivity contribution in [3.63, 3.8) is 0 Å². The van der Waals surface area contributed by atoms with Gasteiger partial charge in [-0.15, -0.1) is 0 Å². The van der Waals surface area contributed by atoms with Gasteiger partial charge in [0.2, 0.25) is 5.96 Å². The van der Waals surface area contributed by atoms with Crippen LogP contribution in [0.5, 0.6) is 0 Å². The molecule has 1 aromatic carbocycles. The van der Waals surface area contributed by atoms with Crippen molar-refractivity contribution in [2.75, 3.05) is 5.32 Å². The lowest BCUT2D eigenvalue weighted by atomic mass is 10.2. The fourth-order valence-corrected chi connectivity index (χ4v) is 2.13. The van der Waals surface area contributed by atoms with Gasteiger partial charge in [0.25, 0.3) is 0 Å². The number of halogens is 1. The van der Waals surface area contributed by atoms with Crippen LogP contribution in [0.4, 0.5) is 10.1 Å². The summed E-state index contributed by atoms with van der Waals surface area (Å²) in [4.78, 5) is 4.49. The molecule has 98 valence electrons. The van der Waals surface area contributed by atoms with Gasteiger partial charge in [-0.25, -0.2) is 15.2 Å². The summed E-state index contributed by atoms with van der Waals surface area (Å²) in [6.45, 7) is 1.73. The summed E-state index contributed by atoms with van der Waals surface area (Å²) < 4.78 is 13.4. The molecule has 0 aromatic heterocycles. The number of aliphatic imine (C=N–C) groups is 1. The molecule has 0 unspecified atom stereocenters. The molecule has 0 aliphatic heterocycles. The predicted molar refractivity (Wildman–Crippen MR) is 71.8 cm³/mol. The molecule has 4 nitrogen and oxygen atoms in total. The van der Waals surface area contributed by atoms with Gasteiger partial charge in [-0.3, -0.25) is 5.43 Å². The Morgan fingerprint density at radius 1 is 1.39 bits per heavy atom. The lowest BCUT2D eigenvalue weighted by Crippen LogP contribution is -2.37. The molecule has 1 aliphatic rings. The number of rotatable bonds is 2. The summed E-state index contributed by atoms with van der Waals surface area (Å²) in [5.74, 6) is 5.68. The normalized spacial score (nSPS) is 16.9. The standard InChI is InChI=1S/C13H19FN4/c1-9-6-7-11(8-12(9)14)17-13(18-15)16-10-4-2-3-5-10/h6-8,10H,2-5,15H2,1H3,(H2,16,17,18). The smallest absolute Gasteiger partial charge is 0.210 e. The maximum atomic E-state index is 13.4. The molecule has 1 saturated carbocycles. The largest absolute Gasteiger partial charge is 0.325 e. The Morgan fingerprint density at radius 3 is 2.72 bits per heavy atom. The van der Waals surface area contributed by atoms with Crippen molar-refractivity contribution < 1.29 is 4.39 Å². The Hall–Kier alpha value is -1.62. The third kappa shape index (κ3) is 3.20. The zero-order chi connectivity index (χ0) is 13.0. The number of hydrogen-bond acceptors (Lipinski definition) is 2. The van der Waals surface area contributed by atoms with E-state index < -0.39 is 0 Å². The van der Waals surface area contributed by atoms with Gasteiger partial charge in [-0.2, -0.15) is 0 Å². The van der Waals surface area contributed by atoms with Crippen LogP contribution in [0.25, 0.3) is 0 Å². The van der Waals surface area contributed by atoms with Crippen molar-refractivity contribution in [2.45, 2.75) is 38.6 Å². The molecule has 18 heavy (non-hydrogen) atoms. The van der Waals surface area contributed by atoms with Gasteiger partial charge in [0.05, 0.1) is 6.04 Å². The average Bonchev–Trinajstić information content (AvgIpc) is 2.86. The topological polar surface area (TPSA) is 62.4 Å². The molecule has 0 atom stereocenters. The van der Waals surface area contributed by atoms with Crippen molar-refractivity contribution in [1.82, 2.24) is 5.43 Å². The van der Waals surface area contributed by atoms with Gasteiger partial charge in [0.15, 0.2) is 0 Å². The molecule has 1 aromatic rings. The molecule has 0 bridgehead atoms. The van der Waals surface area contributed by atoms with E-state index in [0.29, 0.717) is 23.3 Å². The number of nitrogens with zero attached hydrogens (tertiary/aromatic N) is 1. The summed E-state index contributed by atoms with van der Waals surface area (Å²) in [6, 6.07) is 5.29. The SMILES string of the molecule is Cc1ccc(NC(=NC2CCCC2)NN)cc1F. The van der Waals surface area contributed by atoms with Crippen LogP contribution >= 0.6 is 0 Å². The summed E-state index contributed by atoms with van der Waals surface area (Å²) >= 11 is 0. The molecule has 0 radical (unpaired) electrons. The number of hydrogen-bond donors (Lipinski definition) is 3.